The molecule has 1 heterocycles. The van der Waals surface area contributed by atoms with Crippen LogP contribution in [0.4, 0.5) is 0 Å². The quantitative estimate of drug-likeness (QED) is 0.912. The monoisotopic (exact) mass is 344 g/mol. The number of nitrogens with one attached hydrogen (secondary N) is 1. The van der Waals surface area contributed by atoms with Crippen molar-refractivity contribution in [2.24, 2.45) is 0 Å². The van der Waals surface area contributed by atoms with Crippen LogP contribution < -0.4 is 5.32 Å². The molecule has 1 aromatic rings. The van der Waals surface area contributed by atoms with E-state index in [0.717, 1.165) is 42.0 Å². The van der Waals surface area contributed by atoms with Crippen LogP contribution in [0.3, 0.4) is 0 Å². The van der Waals surface area contributed by atoms with Crippen molar-refractivity contribution in [2.75, 3.05) is 13.1 Å². The van der Waals surface area contributed by atoms with Gasteiger partial charge in [0.2, 0.25) is 5.91 Å². The van der Waals surface area contributed by atoms with E-state index in [-0.39, 0.29) is 5.91 Å². The van der Waals surface area contributed by atoms with Gasteiger partial charge in [0.25, 0.3) is 0 Å². The van der Waals surface area contributed by atoms with Crippen LogP contribution >= 0.6 is 27.5 Å². The number of rotatable bonds is 3. The Morgan fingerprint density at radius 3 is 2.74 bits per heavy atom. The van der Waals surface area contributed by atoms with Gasteiger partial charge in [-0.05, 0) is 30.5 Å². The highest BCUT2D eigenvalue weighted by Crippen LogP contribution is 2.24. The van der Waals surface area contributed by atoms with Gasteiger partial charge in [0.1, 0.15) is 0 Å². The van der Waals surface area contributed by atoms with Gasteiger partial charge >= 0.3 is 0 Å². The van der Waals surface area contributed by atoms with E-state index in [1.54, 1.807) is 6.92 Å². The van der Waals surface area contributed by atoms with Crippen molar-refractivity contribution < 1.29 is 4.79 Å². The number of benzene rings is 1. The van der Waals surface area contributed by atoms with Crippen LogP contribution in [0.25, 0.3) is 0 Å². The SMILES string of the molecule is CC(=O)NC1CCN(Cc2ccc(Cl)cc2Br)CC1. The van der Waals surface area contributed by atoms with E-state index >= 15 is 0 Å². The lowest BCUT2D eigenvalue weighted by atomic mass is 10.0. The topological polar surface area (TPSA) is 32.3 Å². The van der Waals surface area contributed by atoms with E-state index in [4.69, 9.17) is 11.6 Å². The van der Waals surface area contributed by atoms with E-state index < -0.39 is 0 Å². The number of amides is 1. The average Bonchev–Trinajstić information content (AvgIpc) is 2.34. The largest absolute Gasteiger partial charge is 0.354 e. The predicted octanol–water partition coefficient (Wildman–Crippen LogP) is 3.20. The standard InChI is InChI=1S/C14H18BrClN2O/c1-10(19)17-13-4-6-18(7-5-13)9-11-2-3-12(16)8-14(11)15/h2-3,8,13H,4-7,9H2,1H3,(H,17,19). The summed E-state index contributed by atoms with van der Waals surface area (Å²) >= 11 is 9.49. The number of nitrogens with zero attached hydrogens (tertiary/aromatic N) is 1. The molecule has 1 N–H and O–H groups in total. The Morgan fingerprint density at radius 2 is 2.16 bits per heavy atom. The van der Waals surface area contributed by atoms with Crippen LogP contribution in [0.2, 0.25) is 5.02 Å². The lowest BCUT2D eigenvalue weighted by Crippen LogP contribution is -2.43. The van der Waals surface area contributed by atoms with Crippen molar-refractivity contribution in [3.05, 3.63) is 33.3 Å². The Labute approximate surface area is 127 Å². The first kappa shape index (κ1) is 14.8. The van der Waals surface area contributed by atoms with Crippen molar-refractivity contribution in [3.8, 4) is 0 Å². The fraction of sp³-hybridized carbons (Fsp3) is 0.500. The third kappa shape index (κ3) is 4.48. The third-order valence-corrected chi connectivity index (χ3v) is 4.38. The van der Waals surface area contributed by atoms with Gasteiger partial charge in [-0.3, -0.25) is 9.69 Å². The van der Waals surface area contributed by atoms with E-state index in [1.807, 2.05) is 12.1 Å². The second-order valence-electron chi connectivity index (χ2n) is 4.99. The van der Waals surface area contributed by atoms with Crippen molar-refractivity contribution in [1.29, 1.82) is 0 Å². The van der Waals surface area contributed by atoms with Gasteiger partial charge in [0.05, 0.1) is 0 Å². The molecule has 1 fully saturated rings. The van der Waals surface area contributed by atoms with E-state index in [0.29, 0.717) is 6.04 Å². The van der Waals surface area contributed by atoms with E-state index in [9.17, 15) is 4.79 Å². The highest BCUT2D eigenvalue weighted by atomic mass is 79.9. The molecule has 0 spiro atoms. The smallest absolute Gasteiger partial charge is 0.217 e. The molecule has 1 amide bonds. The Morgan fingerprint density at radius 1 is 1.47 bits per heavy atom. The highest BCUT2D eigenvalue weighted by molar-refractivity contribution is 9.10. The molecule has 1 aliphatic rings. The lowest BCUT2D eigenvalue weighted by Gasteiger charge is -2.32. The molecule has 1 saturated heterocycles. The van der Waals surface area contributed by atoms with Crippen molar-refractivity contribution in [3.63, 3.8) is 0 Å². The maximum atomic E-state index is 11.0. The molecule has 5 heteroatoms. The molecule has 0 radical (unpaired) electrons. The summed E-state index contributed by atoms with van der Waals surface area (Å²) in [5.74, 6) is 0.0684. The first-order chi connectivity index (χ1) is 9.04. The van der Waals surface area contributed by atoms with E-state index in [1.165, 1.54) is 5.56 Å². The summed E-state index contributed by atoms with van der Waals surface area (Å²) in [7, 11) is 0. The first-order valence-electron chi connectivity index (χ1n) is 6.48. The lowest BCUT2D eigenvalue weighted by molar-refractivity contribution is -0.119. The number of carbonyl (C=O) groups is 1. The Balaban J connectivity index is 1.87. The maximum Gasteiger partial charge on any atom is 0.217 e. The zero-order chi connectivity index (χ0) is 13.8. The fourth-order valence-corrected chi connectivity index (χ4v) is 3.22. The van der Waals surface area contributed by atoms with Gasteiger partial charge in [-0.1, -0.05) is 33.6 Å². The summed E-state index contributed by atoms with van der Waals surface area (Å²) in [5, 5.41) is 3.74. The summed E-state index contributed by atoms with van der Waals surface area (Å²) in [6, 6.07) is 6.25. The zero-order valence-corrected chi connectivity index (χ0v) is 13.3. The van der Waals surface area contributed by atoms with Gasteiger partial charge in [0.15, 0.2) is 0 Å². The maximum absolute atomic E-state index is 11.0. The minimum Gasteiger partial charge on any atom is -0.354 e. The van der Waals surface area contributed by atoms with Crippen LogP contribution in [-0.2, 0) is 11.3 Å². The summed E-state index contributed by atoms with van der Waals surface area (Å²) in [4.78, 5) is 13.4. The van der Waals surface area contributed by atoms with Gasteiger partial charge < -0.3 is 5.32 Å². The predicted molar refractivity (Wildman–Crippen MR) is 81.3 cm³/mol. The third-order valence-electron chi connectivity index (χ3n) is 3.40. The Bertz CT molecular complexity index is 459. The van der Waals surface area contributed by atoms with Crippen molar-refractivity contribution in [2.45, 2.75) is 32.4 Å². The molecule has 0 saturated carbocycles. The molecule has 0 aliphatic carbocycles. The number of halogens is 2. The molecule has 1 aliphatic heterocycles. The number of hydrogen-bond acceptors (Lipinski definition) is 2. The molecule has 3 nitrogen and oxygen atoms in total. The molecule has 0 atom stereocenters. The molecular formula is C14H18BrClN2O. The molecule has 104 valence electrons. The second-order valence-corrected chi connectivity index (χ2v) is 6.28. The molecule has 19 heavy (non-hydrogen) atoms. The molecule has 2 rings (SSSR count). The molecule has 0 bridgehead atoms. The molecule has 0 unspecified atom stereocenters. The Hall–Kier alpha value is -0.580. The second kappa shape index (κ2) is 6.73. The number of piperidine rings is 1. The number of likely N-dealkylation sites (tertiary alicyclic amines) is 1. The first-order valence-corrected chi connectivity index (χ1v) is 7.65. The normalized spacial score (nSPS) is 17.4. The van der Waals surface area contributed by atoms with Gasteiger partial charge in [-0.25, -0.2) is 0 Å². The minimum absolute atomic E-state index is 0.0684. The summed E-state index contributed by atoms with van der Waals surface area (Å²) in [6.07, 6.45) is 2.04. The van der Waals surface area contributed by atoms with Crippen molar-refractivity contribution >= 4 is 33.4 Å². The molecule has 1 aromatic carbocycles. The Kier molecular flexibility index (Phi) is 5.25. The van der Waals surface area contributed by atoms with Crippen molar-refractivity contribution in [1.82, 2.24) is 10.2 Å². The van der Waals surface area contributed by atoms with Gasteiger partial charge in [0, 0.05) is 42.1 Å². The zero-order valence-electron chi connectivity index (χ0n) is 11.0. The van der Waals surface area contributed by atoms with E-state index in [2.05, 4.69) is 32.2 Å². The molecule has 0 aromatic heterocycles. The molecular weight excluding hydrogens is 328 g/mol. The van der Waals surface area contributed by atoms with Crippen LogP contribution in [0.15, 0.2) is 22.7 Å². The minimum atomic E-state index is 0.0684. The highest BCUT2D eigenvalue weighted by Gasteiger charge is 2.20. The fourth-order valence-electron chi connectivity index (χ4n) is 2.41. The van der Waals surface area contributed by atoms with Crippen LogP contribution in [0.5, 0.6) is 0 Å². The number of carbonyl (C=O) groups excluding carboxylic acids is 1. The summed E-state index contributed by atoms with van der Waals surface area (Å²) in [5.41, 5.74) is 1.25. The summed E-state index contributed by atoms with van der Waals surface area (Å²) < 4.78 is 1.06. The average molecular weight is 346 g/mol. The summed E-state index contributed by atoms with van der Waals surface area (Å²) in [6.45, 7) is 4.53. The van der Waals surface area contributed by atoms with Crippen LogP contribution in [0, 0.1) is 0 Å². The van der Waals surface area contributed by atoms with Gasteiger partial charge in [-0.2, -0.15) is 0 Å². The van der Waals surface area contributed by atoms with Crippen LogP contribution in [-0.4, -0.2) is 29.9 Å². The number of hydrogen-bond donors (Lipinski definition) is 1. The van der Waals surface area contributed by atoms with Crippen LogP contribution in [0.1, 0.15) is 25.3 Å². The van der Waals surface area contributed by atoms with Gasteiger partial charge in [-0.15, -0.1) is 0 Å².